The number of nitrogens with one attached hydrogen (secondary N) is 1. The fraction of sp³-hybridized carbons (Fsp3) is 0.280. The predicted molar refractivity (Wildman–Crippen MR) is 134 cm³/mol. The first-order chi connectivity index (χ1) is 17.7. The Kier molecular flexibility index (Phi) is 6.40. The van der Waals surface area contributed by atoms with Gasteiger partial charge in [-0.05, 0) is 44.9 Å². The minimum Gasteiger partial charge on any atom is -0.369 e. The molecular formula is C25H22ClF3N6O2. The van der Waals surface area contributed by atoms with Crippen LogP contribution in [0.1, 0.15) is 43.2 Å². The zero-order chi connectivity index (χ0) is 26.4. The monoisotopic (exact) mass is 530 g/mol. The molecule has 8 nitrogen and oxygen atoms in total. The highest BCUT2D eigenvalue weighted by molar-refractivity contribution is 6.36. The molecule has 0 spiro atoms. The van der Waals surface area contributed by atoms with Crippen molar-refractivity contribution in [1.82, 2.24) is 19.6 Å². The third-order valence-electron chi connectivity index (χ3n) is 6.18. The minimum atomic E-state index is -1.02. The Morgan fingerprint density at radius 2 is 1.68 bits per heavy atom. The standard InChI is InChI=1S/C25H22ClF3N6O2/c1-13(2)34-24(26)20-21(32-34)16(29)12-18(23(20)33-10-3-4-11-33)30-25(37)17-8-9-19(36)35(31-17)22-14(27)6-5-7-15(22)28/h5-9,12-13H,3-4,10-11H2,1-2H3,(H,30,37). The number of hydrogen-bond acceptors (Lipinski definition) is 5. The average molecular weight is 531 g/mol. The molecule has 1 fully saturated rings. The van der Waals surface area contributed by atoms with Crippen molar-refractivity contribution >= 4 is 39.8 Å². The van der Waals surface area contributed by atoms with Crippen molar-refractivity contribution in [3.63, 3.8) is 0 Å². The van der Waals surface area contributed by atoms with E-state index in [0.717, 1.165) is 49.2 Å². The summed E-state index contributed by atoms with van der Waals surface area (Å²) in [6, 6.07) is 6.22. The van der Waals surface area contributed by atoms with Crippen molar-refractivity contribution in [3.8, 4) is 5.69 Å². The SMILES string of the molecule is CC(C)n1nc2c(F)cc(NC(=O)c3ccc(=O)n(-c4c(F)cccc4F)n3)c(N3CCCC3)c2c1Cl. The van der Waals surface area contributed by atoms with Crippen molar-refractivity contribution in [2.24, 2.45) is 0 Å². The Bertz CT molecular complexity index is 1570. The molecule has 0 atom stereocenters. The van der Waals surface area contributed by atoms with Crippen LogP contribution < -0.4 is 15.8 Å². The summed E-state index contributed by atoms with van der Waals surface area (Å²) in [6.45, 7) is 5.07. The van der Waals surface area contributed by atoms with E-state index in [4.69, 9.17) is 11.6 Å². The smallest absolute Gasteiger partial charge is 0.276 e. The Morgan fingerprint density at radius 3 is 2.32 bits per heavy atom. The van der Waals surface area contributed by atoms with Crippen LogP contribution in [-0.4, -0.2) is 38.6 Å². The van der Waals surface area contributed by atoms with Crippen LogP contribution in [0.5, 0.6) is 0 Å². The molecule has 4 aromatic rings. The lowest BCUT2D eigenvalue weighted by Gasteiger charge is -2.23. The molecule has 5 rings (SSSR count). The van der Waals surface area contributed by atoms with E-state index >= 15 is 4.39 Å². The van der Waals surface area contributed by atoms with Crippen molar-refractivity contribution in [1.29, 1.82) is 0 Å². The molecular weight excluding hydrogens is 509 g/mol. The van der Waals surface area contributed by atoms with Crippen molar-refractivity contribution in [2.75, 3.05) is 23.3 Å². The topological polar surface area (TPSA) is 85.0 Å². The van der Waals surface area contributed by atoms with Gasteiger partial charge in [0.25, 0.3) is 11.5 Å². The largest absolute Gasteiger partial charge is 0.369 e. The van der Waals surface area contributed by atoms with Crippen LogP contribution in [0.25, 0.3) is 16.6 Å². The third kappa shape index (κ3) is 4.33. The number of nitrogens with zero attached hydrogens (tertiary/aromatic N) is 5. The number of benzene rings is 2. The Labute approximate surface area is 214 Å². The minimum absolute atomic E-state index is 0.0836. The van der Waals surface area contributed by atoms with Crippen LogP contribution in [-0.2, 0) is 0 Å². The fourth-order valence-electron chi connectivity index (χ4n) is 4.47. The van der Waals surface area contributed by atoms with Gasteiger partial charge in [-0.1, -0.05) is 17.7 Å². The van der Waals surface area contributed by atoms with Crippen molar-refractivity contribution < 1.29 is 18.0 Å². The second-order valence-corrected chi connectivity index (χ2v) is 9.35. The highest BCUT2D eigenvalue weighted by Crippen LogP contribution is 2.42. The zero-order valence-electron chi connectivity index (χ0n) is 19.9. The van der Waals surface area contributed by atoms with Crippen molar-refractivity contribution in [3.05, 3.63) is 75.1 Å². The van der Waals surface area contributed by atoms with Gasteiger partial charge in [0.1, 0.15) is 22.1 Å². The van der Waals surface area contributed by atoms with E-state index in [1.807, 2.05) is 18.7 Å². The molecule has 0 saturated carbocycles. The first-order valence-electron chi connectivity index (χ1n) is 11.7. The van der Waals surface area contributed by atoms with E-state index in [1.165, 1.54) is 4.68 Å². The molecule has 37 heavy (non-hydrogen) atoms. The Balaban J connectivity index is 1.61. The number of halogens is 4. The molecule has 2 aromatic carbocycles. The number of carbonyl (C=O) groups is 1. The number of aromatic nitrogens is 4. The van der Waals surface area contributed by atoms with Gasteiger partial charge in [-0.3, -0.25) is 14.3 Å². The lowest BCUT2D eigenvalue weighted by molar-refractivity contribution is 0.102. The molecule has 0 aliphatic carbocycles. The van der Waals surface area contributed by atoms with E-state index in [2.05, 4.69) is 15.5 Å². The molecule has 3 heterocycles. The average Bonchev–Trinajstić information content (AvgIpc) is 3.49. The van der Waals surface area contributed by atoms with E-state index in [0.29, 0.717) is 28.8 Å². The quantitative estimate of drug-likeness (QED) is 0.389. The van der Waals surface area contributed by atoms with Gasteiger partial charge in [0.05, 0.1) is 16.8 Å². The van der Waals surface area contributed by atoms with Gasteiger partial charge in [0.15, 0.2) is 17.5 Å². The van der Waals surface area contributed by atoms with Gasteiger partial charge in [-0.2, -0.15) is 14.9 Å². The van der Waals surface area contributed by atoms with Crippen LogP contribution in [0.2, 0.25) is 5.15 Å². The molecule has 12 heteroatoms. The molecule has 0 unspecified atom stereocenters. The van der Waals surface area contributed by atoms with Gasteiger partial charge >= 0.3 is 0 Å². The number of hydrogen-bond donors (Lipinski definition) is 1. The normalized spacial score (nSPS) is 13.6. The first-order valence-corrected chi connectivity index (χ1v) is 12.1. The van der Waals surface area contributed by atoms with Gasteiger partial charge in [-0.25, -0.2) is 13.2 Å². The fourth-order valence-corrected chi connectivity index (χ4v) is 4.88. The van der Waals surface area contributed by atoms with E-state index in [-0.39, 0.29) is 28.1 Å². The maximum Gasteiger partial charge on any atom is 0.276 e. The summed E-state index contributed by atoms with van der Waals surface area (Å²) >= 11 is 6.64. The van der Waals surface area contributed by atoms with Crippen LogP contribution >= 0.6 is 11.6 Å². The Hall–Kier alpha value is -3.86. The molecule has 0 bridgehead atoms. The number of amides is 1. The molecule has 1 N–H and O–H groups in total. The summed E-state index contributed by atoms with van der Waals surface area (Å²) in [5, 5.41) is 11.5. The first kappa shape index (κ1) is 24.8. The molecule has 1 aliphatic rings. The number of carbonyl (C=O) groups excluding carboxylic acids is 1. The molecule has 192 valence electrons. The number of para-hydroxylation sites is 1. The second-order valence-electron chi connectivity index (χ2n) is 8.99. The van der Waals surface area contributed by atoms with E-state index in [1.54, 1.807) is 0 Å². The Morgan fingerprint density at radius 1 is 1.00 bits per heavy atom. The lowest BCUT2D eigenvalue weighted by atomic mass is 10.1. The number of anilines is 2. The highest BCUT2D eigenvalue weighted by atomic mass is 35.5. The van der Waals surface area contributed by atoms with Gasteiger partial charge in [0, 0.05) is 31.3 Å². The second kappa shape index (κ2) is 9.55. The molecule has 0 radical (unpaired) electrons. The van der Waals surface area contributed by atoms with E-state index in [9.17, 15) is 18.4 Å². The highest BCUT2D eigenvalue weighted by Gasteiger charge is 2.28. The predicted octanol–water partition coefficient (Wildman–Crippen LogP) is 5.09. The summed E-state index contributed by atoms with van der Waals surface area (Å²) in [5.74, 6) is -3.53. The van der Waals surface area contributed by atoms with Crippen molar-refractivity contribution in [2.45, 2.75) is 32.7 Å². The van der Waals surface area contributed by atoms with Crippen LogP contribution in [0, 0.1) is 17.5 Å². The van der Waals surface area contributed by atoms with Crippen LogP contribution in [0.4, 0.5) is 24.5 Å². The molecule has 1 amide bonds. The lowest BCUT2D eigenvalue weighted by Crippen LogP contribution is -2.27. The number of fused-ring (bicyclic) bond motifs is 1. The molecule has 1 aliphatic heterocycles. The molecule has 1 saturated heterocycles. The third-order valence-corrected chi connectivity index (χ3v) is 6.55. The summed E-state index contributed by atoms with van der Waals surface area (Å²) in [6.07, 6.45) is 1.81. The number of rotatable bonds is 5. The summed E-state index contributed by atoms with van der Waals surface area (Å²) in [4.78, 5) is 27.5. The van der Waals surface area contributed by atoms with Gasteiger partial charge in [-0.15, -0.1) is 0 Å². The van der Waals surface area contributed by atoms with E-state index < -0.39 is 34.6 Å². The maximum absolute atomic E-state index is 15.2. The van der Waals surface area contributed by atoms with Gasteiger partial charge < -0.3 is 10.2 Å². The molecule has 2 aromatic heterocycles. The summed E-state index contributed by atoms with van der Waals surface area (Å²) in [7, 11) is 0. The summed E-state index contributed by atoms with van der Waals surface area (Å²) in [5.41, 5.74) is -1.11. The summed E-state index contributed by atoms with van der Waals surface area (Å²) < 4.78 is 45.8. The zero-order valence-corrected chi connectivity index (χ0v) is 20.7. The van der Waals surface area contributed by atoms with Crippen LogP contribution in [0.3, 0.4) is 0 Å². The van der Waals surface area contributed by atoms with Crippen LogP contribution in [0.15, 0.2) is 41.2 Å². The maximum atomic E-state index is 15.2. The van der Waals surface area contributed by atoms with Gasteiger partial charge in [0.2, 0.25) is 0 Å².